The van der Waals surface area contributed by atoms with E-state index >= 15 is 0 Å². The molecule has 0 bridgehead atoms. The number of hydrogen-bond donors (Lipinski definition) is 1. The van der Waals surface area contributed by atoms with Crippen molar-refractivity contribution in [2.45, 2.75) is 13.5 Å². The van der Waals surface area contributed by atoms with Crippen LogP contribution in [0.15, 0.2) is 35.3 Å². The number of fused-ring (bicyclic) bond motifs is 1. The van der Waals surface area contributed by atoms with E-state index < -0.39 is 0 Å². The number of nitrogens with zero attached hydrogens (tertiary/aromatic N) is 1. The first kappa shape index (κ1) is 14.5. The molecule has 1 amide bonds. The van der Waals surface area contributed by atoms with Gasteiger partial charge in [-0.05, 0) is 23.8 Å². The fourth-order valence-corrected chi connectivity index (χ4v) is 3.44. The lowest BCUT2D eigenvalue weighted by Gasteiger charge is -2.04. The predicted octanol–water partition coefficient (Wildman–Crippen LogP) is 2.84. The summed E-state index contributed by atoms with van der Waals surface area (Å²) in [6, 6.07) is 9.35. The van der Waals surface area contributed by atoms with Crippen LogP contribution in [0.4, 0.5) is 5.69 Å². The highest BCUT2D eigenvalue weighted by Gasteiger charge is 2.23. The minimum absolute atomic E-state index is 0.103. The molecule has 1 aliphatic rings. The quantitative estimate of drug-likeness (QED) is 0.886. The molecule has 5 nitrogen and oxygen atoms in total. The number of hydrogen-bond acceptors (Lipinski definition) is 5. The smallest absolute Gasteiger partial charge is 0.348 e. The average molecular weight is 314 g/mol. The molecule has 0 fully saturated rings. The summed E-state index contributed by atoms with van der Waals surface area (Å²) < 4.78 is 4.76. The van der Waals surface area contributed by atoms with Crippen molar-refractivity contribution in [1.82, 2.24) is 0 Å². The molecule has 112 valence electrons. The minimum Gasteiger partial charge on any atom is -0.465 e. The highest BCUT2D eigenvalue weighted by atomic mass is 32.1. The monoisotopic (exact) mass is 314 g/mol. The van der Waals surface area contributed by atoms with Crippen LogP contribution < -0.4 is 5.32 Å². The molecule has 1 N–H and O–H groups in total. The van der Waals surface area contributed by atoms with Gasteiger partial charge in [0.1, 0.15) is 4.88 Å². The Balaban J connectivity index is 1.88. The van der Waals surface area contributed by atoms with Crippen molar-refractivity contribution < 1.29 is 14.3 Å². The third-order valence-electron chi connectivity index (χ3n) is 3.30. The van der Waals surface area contributed by atoms with E-state index in [1.165, 1.54) is 25.4 Å². The summed E-state index contributed by atoms with van der Waals surface area (Å²) in [5, 5.41) is 2.73. The van der Waals surface area contributed by atoms with Crippen molar-refractivity contribution in [2.75, 3.05) is 12.4 Å². The molecule has 6 heteroatoms. The van der Waals surface area contributed by atoms with Crippen molar-refractivity contribution in [3.8, 4) is 0 Å². The van der Waals surface area contributed by atoms with E-state index in [0.29, 0.717) is 11.4 Å². The molecule has 0 atom stereocenters. The molecule has 0 spiro atoms. The van der Waals surface area contributed by atoms with Crippen LogP contribution in [0.1, 0.15) is 32.6 Å². The number of carbonyl (C=O) groups excluding carboxylic acids is 2. The largest absolute Gasteiger partial charge is 0.465 e. The van der Waals surface area contributed by atoms with Gasteiger partial charge >= 0.3 is 5.97 Å². The number of thiophene rings is 1. The van der Waals surface area contributed by atoms with Crippen molar-refractivity contribution in [3.63, 3.8) is 0 Å². The van der Waals surface area contributed by atoms with Crippen molar-refractivity contribution in [1.29, 1.82) is 0 Å². The van der Waals surface area contributed by atoms with Gasteiger partial charge in [-0.1, -0.05) is 12.1 Å². The van der Waals surface area contributed by atoms with Gasteiger partial charge in [-0.3, -0.25) is 9.79 Å². The Morgan fingerprint density at radius 2 is 2.00 bits per heavy atom. The normalized spacial score (nSPS) is 12.5. The topological polar surface area (TPSA) is 67.8 Å². The number of rotatable bonds is 3. The number of esters is 1. The molecule has 1 aromatic carbocycles. The number of carbonyl (C=O) groups is 2. The molecule has 2 heterocycles. The van der Waals surface area contributed by atoms with Gasteiger partial charge in [-0.25, -0.2) is 4.79 Å². The molecule has 1 aliphatic heterocycles. The van der Waals surface area contributed by atoms with Crippen molar-refractivity contribution in [3.05, 3.63) is 51.2 Å². The summed E-state index contributed by atoms with van der Waals surface area (Å²) in [6.07, 6.45) is 0. The summed E-state index contributed by atoms with van der Waals surface area (Å²) in [7, 11) is 1.38. The first-order chi connectivity index (χ1) is 10.6. The molecule has 1 aromatic heterocycles. The zero-order valence-electron chi connectivity index (χ0n) is 12.2. The number of ether oxygens (including phenoxy) is 1. The predicted molar refractivity (Wildman–Crippen MR) is 85.7 cm³/mol. The fraction of sp³-hybridized carbons (Fsp3) is 0.188. The second-order valence-electron chi connectivity index (χ2n) is 4.88. The fourth-order valence-electron chi connectivity index (χ4n) is 2.32. The van der Waals surface area contributed by atoms with Crippen LogP contribution in [0.2, 0.25) is 0 Å². The van der Waals surface area contributed by atoms with Gasteiger partial charge in [-0.15, -0.1) is 11.3 Å². The maximum Gasteiger partial charge on any atom is 0.348 e. The van der Waals surface area contributed by atoms with Crippen LogP contribution in [0.25, 0.3) is 0 Å². The number of aliphatic imine (C=N–C) groups is 1. The first-order valence-corrected chi connectivity index (χ1v) is 7.54. The maximum atomic E-state index is 11.6. The molecule has 0 aliphatic carbocycles. The van der Waals surface area contributed by atoms with E-state index in [-0.39, 0.29) is 11.9 Å². The molecular weight excluding hydrogens is 300 g/mol. The molecule has 2 aromatic rings. The summed E-state index contributed by atoms with van der Waals surface area (Å²) >= 11 is 1.40. The molecule has 0 unspecified atom stereocenters. The average Bonchev–Trinajstić information content (AvgIpc) is 3.07. The van der Waals surface area contributed by atoms with E-state index in [4.69, 9.17) is 4.74 Å². The van der Waals surface area contributed by atoms with E-state index in [0.717, 1.165) is 27.4 Å². The van der Waals surface area contributed by atoms with Gasteiger partial charge in [0.25, 0.3) is 0 Å². The summed E-state index contributed by atoms with van der Waals surface area (Å²) in [5.74, 6) is -0.422. The molecular formula is C16H14N2O3S. The summed E-state index contributed by atoms with van der Waals surface area (Å²) in [4.78, 5) is 28.8. The third kappa shape index (κ3) is 2.65. The third-order valence-corrected chi connectivity index (χ3v) is 4.46. The number of nitrogens with one attached hydrogen (secondary N) is 1. The number of methoxy groups -OCH3 is 1. The van der Waals surface area contributed by atoms with E-state index in [2.05, 4.69) is 10.3 Å². The zero-order valence-corrected chi connectivity index (χ0v) is 13.0. The Labute approximate surface area is 131 Å². The second kappa shape index (κ2) is 5.73. The van der Waals surface area contributed by atoms with Crippen LogP contribution in [-0.2, 0) is 16.1 Å². The SMILES string of the molecule is COC(=O)c1cc2c(s1)C(c1ccc(NC(C)=O)cc1)=NC2. The highest BCUT2D eigenvalue weighted by Crippen LogP contribution is 2.31. The van der Waals surface area contributed by atoms with Crippen LogP contribution in [0.3, 0.4) is 0 Å². The van der Waals surface area contributed by atoms with Crippen LogP contribution in [-0.4, -0.2) is 24.7 Å². The Kier molecular flexibility index (Phi) is 3.77. The number of benzene rings is 1. The first-order valence-electron chi connectivity index (χ1n) is 6.72. The number of anilines is 1. The van der Waals surface area contributed by atoms with Gasteiger partial charge in [0, 0.05) is 18.2 Å². The standard InChI is InChI=1S/C16H14N2O3S/c1-9(19)18-12-5-3-10(4-6-12)14-15-11(8-17-14)7-13(22-15)16(20)21-2/h3-7H,8H2,1-2H3,(H,18,19). The van der Waals surface area contributed by atoms with Gasteiger partial charge in [0.05, 0.1) is 24.2 Å². The summed E-state index contributed by atoms with van der Waals surface area (Å²) in [6.45, 7) is 2.05. The molecule has 22 heavy (non-hydrogen) atoms. The minimum atomic E-state index is -0.320. The Hall–Kier alpha value is -2.47. The maximum absolute atomic E-state index is 11.6. The van der Waals surface area contributed by atoms with Gasteiger partial charge in [-0.2, -0.15) is 0 Å². The van der Waals surface area contributed by atoms with Crippen LogP contribution >= 0.6 is 11.3 Å². The Morgan fingerprint density at radius 1 is 1.27 bits per heavy atom. The zero-order chi connectivity index (χ0) is 15.7. The van der Waals surface area contributed by atoms with Gasteiger partial charge in [0.15, 0.2) is 0 Å². The van der Waals surface area contributed by atoms with Gasteiger partial charge in [0.2, 0.25) is 5.91 Å². The summed E-state index contributed by atoms with van der Waals surface area (Å²) in [5.41, 5.74) is 3.64. The lowest BCUT2D eigenvalue weighted by atomic mass is 10.1. The molecule has 0 saturated heterocycles. The van der Waals surface area contributed by atoms with Crippen molar-refractivity contribution >= 4 is 34.6 Å². The van der Waals surface area contributed by atoms with E-state index in [1.807, 2.05) is 30.3 Å². The highest BCUT2D eigenvalue weighted by molar-refractivity contribution is 7.16. The van der Waals surface area contributed by atoms with Gasteiger partial charge < -0.3 is 10.1 Å². The lowest BCUT2D eigenvalue weighted by molar-refractivity contribution is -0.114. The lowest BCUT2D eigenvalue weighted by Crippen LogP contribution is -2.06. The Morgan fingerprint density at radius 3 is 2.64 bits per heavy atom. The second-order valence-corrected chi connectivity index (χ2v) is 5.93. The molecule has 3 rings (SSSR count). The Bertz CT molecular complexity index is 775. The van der Waals surface area contributed by atoms with Crippen LogP contribution in [0, 0.1) is 0 Å². The van der Waals surface area contributed by atoms with Crippen molar-refractivity contribution in [2.24, 2.45) is 4.99 Å². The van der Waals surface area contributed by atoms with E-state index in [9.17, 15) is 9.59 Å². The molecule has 0 saturated carbocycles. The van der Waals surface area contributed by atoms with E-state index in [1.54, 1.807) is 0 Å². The van der Waals surface area contributed by atoms with Crippen LogP contribution in [0.5, 0.6) is 0 Å². The molecule has 0 radical (unpaired) electrons. The number of amides is 1.